The number of rotatable bonds is 0. The minimum atomic E-state index is 0.258. The molecule has 0 unspecified atom stereocenters. The van der Waals surface area contributed by atoms with Crippen LogP contribution in [0.25, 0.3) is 0 Å². The van der Waals surface area contributed by atoms with Crippen molar-refractivity contribution < 1.29 is 0 Å². The summed E-state index contributed by atoms with van der Waals surface area (Å²) >= 11 is 2.01. The largest absolute Gasteiger partial charge is 0.365 e. The van der Waals surface area contributed by atoms with Gasteiger partial charge in [-0.25, -0.2) is 0 Å². The van der Waals surface area contributed by atoms with Crippen molar-refractivity contribution >= 4 is 17.4 Å². The highest BCUT2D eigenvalue weighted by atomic mass is 32.2. The van der Waals surface area contributed by atoms with Crippen LogP contribution in [0, 0.1) is 6.92 Å². The number of aryl methyl sites for hydroxylation is 1. The molecule has 0 bridgehead atoms. The van der Waals surface area contributed by atoms with Gasteiger partial charge < -0.3 is 4.90 Å². The maximum absolute atomic E-state index is 2.35. The fourth-order valence-corrected chi connectivity index (χ4v) is 3.02. The fraction of sp³-hybridized carbons (Fsp3) is 0.500. The minimum absolute atomic E-state index is 0.258. The number of thioether (sulfide) groups is 1. The average Bonchev–Trinajstić information content (AvgIpc) is 2.12. The number of para-hydroxylation sites is 1. The van der Waals surface area contributed by atoms with Crippen LogP contribution < -0.4 is 4.90 Å². The van der Waals surface area contributed by atoms with Crippen molar-refractivity contribution in [3.8, 4) is 0 Å². The molecule has 76 valence electrons. The molecule has 1 aromatic rings. The van der Waals surface area contributed by atoms with E-state index in [4.69, 9.17) is 0 Å². The SMILES string of the molecule is Cc1cccc2c1N(C)CSC2(C)C. The second-order valence-electron chi connectivity index (χ2n) is 4.45. The Balaban J connectivity index is 2.63. The van der Waals surface area contributed by atoms with Gasteiger partial charge in [0.05, 0.1) is 5.88 Å². The molecular weight excluding hydrogens is 190 g/mol. The molecular formula is C12H17NS. The van der Waals surface area contributed by atoms with Crippen LogP contribution in [0.15, 0.2) is 18.2 Å². The van der Waals surface area contributed by atoms with E-state index in [0.29, 0.717) is 0 Å². The molecule has 0 saturated heterocycles. The van der Waals surface area contributed by atoms with Crippen molar-refractivity contribution in [1.82, 2.24) is 0 Å². The molecule has 0 radical (unpaired) electrons. The van der Waals surface area contributed by atoms with E-state index in [-0.39, 0.29) is 4.75 Å². The highest BCUT2D eigenvalue weighted by Gasteiger charge is 2.30. The summed E-state index contributed by atoms with van der Waals surface area (Å²) in [5.74, 6) is 1.09. The Hall–Kier alpha value is -0.630. The molecule has 1 aliphatic heterocycles. The zero-order chi connectivity index (χ0) is 10.3. The first-order valence-corrected chi connectivity index (χ1v) is 5.96. The van der Waals surface area contributed by atoms with Gasteiger partial charge >= 0.3 is 0 Å². The lowest BCUT2D eigenvalue weighted by Gasteiger charge is -2.38. The van der Waals surface area contributed by atoms with Gasteiger partial charge in [0.2, 0.25) is 0 Å². The molecule has 0 aliphatic carbocycles. The van der Waals surface area contributed by atoms with E-state index >= 15 is 0 Å². The summed E-state index contributed by atoms with van der Waals surface area (Å²) in [6, 6.07) is 6.61. The highest BCUT2D eigenvalue weighted by molar-refractivity contribution is 8.00. The third-order valence-electron chi connectivity index (χ3n) is 2.89. The molecule has 1 aromatic carbocycles. The van der Waals surface area contributed by atoms with Gasteiger partial charge in [0.15, 0.2) is 0 Å². The Labute approximate surface area is 90.5 Å². The standard InChI is InChI=1S/C12H17NS/c1-9-6-5-7-10-11(9)13(4)8-14-12(10,2)3/h5-7H,8H2,1-4H3. The summed E-state index contributed by atoms with van der Waals surface area (Å²) in [7, 11) is 2.17. The average molecular weight is 207 g/mol. The molecule has 2 rings (SSSR count). The molecule has 0 aromatic heterocycles. The van der Waals surface area contributed by atoms with Gasteiger partial charge in [-0.05, 0) is 31.9 Å². The Morgan fingerprint density at radius 3 is 2.71 bits per heavy atom. The summed E-state index contributed by atoms with van der Waals surface area (Å²) in [5, 5.41) is 0. The number of nitrogens with zero attached hydrogens (tertiary/aromatic N) is 1. The summed E-state index contributed by atoms with van der Waals surface area (Å²) in [4.78, 5) is 2.35. The van der Waals surface area contributed by atoms with E-state index in [1.165, 1.54) is 16.8 Å². The lowest BCUT2D eigenvalue weighted by atomic mass is 9.96. The van der Waals surface area contributed by atoms with Gasteiger partial charge in [0.1, 0.15) is 0 Å². The normalized spacial score (nSPS) is 19.3. The Bertz CT molecular complexity index is 357. The van der Waals surface area contributed by atoms with E-state index in [1.807, 2.05) is 11.8 Å². The molecule has 0 atom stereocenters. The van der Waals surface area contributed by atoms with Gasteiger partial charge in [-0.15, -0.1) is 11.8 Å². The summed E-state index contributed by atoms with van der Waals surface area (Å²) in [5.41, 5.74) is 4.28. The number of hydrogen-bond acceptors (Lipinski definition) is 2. The second kappa shape index (κ2) is 3.20. The Morgan fingerprint density at radius 2 is 2.07 bits per heavy atom. The van der Waals surface area contributed by atoms with Gasteiger partial charge in [-0.1, -0.05) is 18.2 Å². The third-order valence-corrected chi connectivity index (χ3v) is 4.35. The van der Waals surface area contributed by atoms with Crippen LogP contribution >= 0.6 is 11.8 Å². The molecule has 14 heavy (non-hydrogen) atoms. The number of anilines is 1. The number of fused-ring (bicyclic) bond motifs is 1. The smallest absolute Gasteiger partial charge is 0.0645 e. The van der Waals surface area contributed by atoms with E-state index in [9.17, 15) is 0 Å². The molecule has 1 heterocycles. The van der Waals surface area contributed by atoms with E-state index < -0.39 is 0 Å². The predicted molar refractivity (Wildman–Crippen MR) is 65.1 cm³/mol. The summed E-state index contributed by atoms with van der Waals surface area (Å²) in [6.07, 6.45) is 0. The summed E-state index contributed by atoms with van der Waals surface area (Å²) < 4.78 is 0.258. The van der Waals surface area contributed by atoms with Crippen LogP contribution in [0.5, 0.6) is 0 Å². The molecule has 2 heteroatoms. The van der Waals surface area contributed by atoms with Crippen molar-refractivity contribution in [3.05, 3.63) is 29.3 Å². The van der Waals surface area contributed by atoms with Crippen LogP contribution in [0.3, 0.4) is 0 Å². The van der Waals surface area contributed by atoms with E-state index in [2.05, 4.69) is 50.9 Å². The van der Waals surface area contributed by atoms with E-state index in [1.54, 1.807) is 0 Å². The lowest BCUT2D eigenvalue weighted by molar-refractivity contribution is 0.759. The van der Waals surface area contributed by atoms with Crippen LogP contribution in [-0.2, 0) is 4.75 Å². The van der Waals surface area contributed by atoms with Gasteiger partial charge in [0.25, 0.3) is 0 Å². The van der Waals surface area contributed by atoms with Crippen LogP contribution in [0.4, 0.5) is 5.69 Å². The van der Waals surface area contributed by atoms with E-state index in [0.717, 1.165) is 5.88 Å². The molecule has 1 aliphatic rings. The Morgan fingerprint density at radius 1 is 1.36 bits per heavy atom. The number of benzene rings is 1. The quantitative estimate of drug-likeness (QED) is 0.641. The van der Waals surface area contributed by atoms with Gasteiger partial charge in [-0.2, -0.15) is 0 Å². The maximum atomic E-state index is 2.35. The van der Waals surface area contributed by atoms with Gasteiger partial charge in [-0.3, -0.25) is 0 Å². The van der Waals surface area contributed by atoms with Crippen molar-refractivity contribution in [2.45, 2.75) is 25.5 Å². The second-order valence-corrected chi connectivity index (χ2v) is 6.02. The van der Waals surface area contributed by atoms with Crippen molar-refractivity contribution in [2.75, 3.05) is 17.8 Å². The first-order chi connectivity index (χ1) is 6.52. The third kappa shape index (κ3) is 1.42. The summed E-state index contributed by atoms with van der Waals surface area (Å²) in [6.45, 7) is 6.81. The predicted octanol–water partition coefficient (Wildman–Crippen LogP) is 3.37. The van der Waals surface area contributed by atoms with Crippen LogP contribution in [0.1, 0.15) is 25.0 Å². The molecule has 0 amide bonds. The fourth-order valence-electron chi connectivity index (χ4n) is 2.05. The maximum Gasteiger partial charge on any atom is 0.0645 e. The first kappa shape index (κ1) is 9.91. The lowest BCUT2D eigenvalue weighted by Crippen LogP contribution is -2.30. The monoisotopic (exact) mass is 207 g/mol. The molecule has 0 N–H and O–H groups in total. The van der Waals surface area contributed by atoms with Crippen molar-refractivity contribution in [1.29, 1.82) is 0 Å². The van der Waals surface area contributed by atoms with Crippen molar-refractivity contribution in [3.63, 3.8) is 0 Å². The molecule has 0 fully saturated rings. The zero-order valence-corrected chi connectivity index (χ0v) is 10.1. The van der Waals surface area contributed by atoms with Crippen LogP contribution in [-0.4, -0.2) is 12.9 Å². The highest BCUT2D eigenvalue weighted by Crippen LogP contribution is 2.46. The van der Waals surface area contributed by atoms with Crippen LogP contribution in [0.2, 0.25) is 0 Å². The zero-order valence-electron chi connectivity index (χ0n) is 9.29. The topological polar surface area (TPSA) is 3.24 Å². The number of hydrogen-bond donors (Lipinski definition) is 0. The Kier molecular flexibility index (Phi) is 2.26. The van der Waals surface area contributed by atoms with Gasteiger partial charge in [0, 0.05) is 17.5 Å². The first-order valence-electron chi connectivity index (χ1n) is 4.97. The van der Waals surface area contributed by atoms with Crippen molar-refractivity contribution in [2.24, 2.45) is 0 Å². The molecule has 1 nitrogen and oxygen atoms in total. The molecule has 0 saturated carbocycles. The molecule has 0 spiro atoms. The minimum Gasteiger partial charge on any atom is -0.365 e.